The average molecular weight is 391 g/mol. The Bertz CT molecular complexity index is 709. The van der Waals surface area contributed by atoms with Gasteiger partial charge in [-0.3, -0.25) is 4.90 Å². The molecule has 0 N–H and O–H groups in total. The molecule has 1 aliphatic rings. The summed E-state index contributed by atoms with van der Waals surface area (Å²) in [4.78, 5) is 13.6. The summed E-state index contributed by atoms with van der Waals surface area (Å²) in [6.45, 7) is 4.96. The summed E-state index contributed by atoms with van der Waals surface area (Å²) >= 11 is 3.55. The number of aromatic nitrogens is 2. The molecule has 1 aromatic carbocycles. The number of ether oxygens (including phenoxy) is 1. The second kappa shape index (κ2) is 7.49. The van der Waals surface area contributed by atoms with Gasteiger partial charge in [0.1, 0.15) is 5.75 Å². The summed E-state index contributed by atoms with van der Waals surface area (Å²) in [5, 5.41) is 0. The Morgan fingerprint density at radius 3 is 2.96 bits per heavy atom. The second-order valence-electron chi connectivity index (χ2n) is 6.24. The van der Waals surface area contributed by atoms with Gasteiger partial charge in [-0.2, -0.15) is 0 Å². The lowest BCUT2D eigenvalue weighted by molar-refractivity contribution is 0.316. The number of halogens is 1. The minimum absolute atomic E-state index is 0.435. The molecule has 1 atom stereocenters. The van der Waals surface area contributed by atoms with Gasteiger partial charge in [0.2, 0.25) is 5.95 Å². The summed E-state index contributed by atoms with van der Waals surface area (Å²) in [5.74, 6) is 1.75. The van der Waals surface area contributed by atoms with E-state index in [0.717, 1.165) is 47.9 Å². The van der Waals surface area contributed by atoms with Crippen molar-refractivity contribution in [1.82, 2.24) is 14.9 Å². The Morgan fingerprint density at radius 2 is 2.21 bits per heavy atom. The van der Waals surface area contributed by atoms with E-state index < -0.39 is 0 Å². The van der Waals surface area contributed by atoms with Crippen molar-refractivity contribution < 1.29 is 4.74 Å². The van der Waals surface area contributed by atoms with Crippen molar-refractivity contribution in [3.05, 3.63) is 46.2 Å². The maximum Gasteiger partial charge on any atom is 0.225 e. The molecule has 1 unspecified atom stereocenters. The topological polar surface area (TPSA) is 41.5 Å². The molecule has 24 heavy (non-hydrogen) atoms. The maximum absolute atomic E-state index is 5.49. The first kappa shape index (κ1) is 17.2. The third-order valence-electron chi connectivity index (χ3n) is 4.53. The van der Waals surface area contributed by atoms with Crippen molar-refractivity contribution in [2.45, 2.75) is 25.9 Å². The molecule has 1 fully saturated rings. The number of hydrogen-bond acceptors (Lipinski definition) is 5. The van der Waals surface area contributed by atoms with E-state index >= 15 is 0 Å². The number of likely N-dealkylation sites (N-methyl/N-ethyl adjacent to an activating group) is 1. The molecule has 1 aromatic heterocycles. The summed E-state index contributed by atoms with van der Waals surface area (Å²) < 4.78 is 6.57. The molecule has 0 saturated carbocycles. The van der Waals surface area contributed by atoms with Crippen LogP contribution in [0.1, 0.15) is 17.7 Å². The molecule has 0 radical (unpaired) electrons. The fourth-order valence-electron chi connectivity index (χ4n) is 3.15. The molecule has 5 nitrogen and oxygen atoms in total. The van der Waals surface area contributed by atoms with E-state index in [0.29, 0.717) is 6.04 Å². The smallest absolute Gasteiger partial charge is 0.225 e. The van der Waals surface area contributed by atoms with Crippen molar-refractivity contribution in [3.8, 4) is 5.75 Å². The number of methoxy groups -OCH3 is 1. The highest BCUT2D eigenvalue weighted by Gasteiger charge is 2.27. The van der Waals surface area contributed by atoms with Crippen LogP contribution in [0.5, 0.6) is 5.75 Å². The fraction of sp³-hybridized carbons (Fsp3) is 0.444. The third-order valence-corrected chi connectivity index (χ3v) is 5.02. The Hall–Kier alpha value is -1.66. The van der Waals surface area contributed by atoms with Crippen LogP contribution >= 0.6 is 15.9 Å². The summed E-state index contributed by atoms with van der Waals surface area (Å²) in [6.07, 6.45) is 2.94. The van der Waals surface area contributed by atoms with Gasteiger partial charge in [0.05, 0.1) is 7.11 Å². The molecule has 2 heterocycles. The Balaban J connectivity index is 1.66. The zero-order valence-corrected chi connectivity index (χ0v) is 16.0. The first-order valence-electron chi connectivity index (χ1n) is 8.14. The van der Waals surface area contributed by atoms with Crippen LogP contribution in [-0.4, -0.2) is 48.2 Å². The number of rotatable bonds is 5. The molecule has 0 amide bonds. The monoisotopic (exact) mass is 390 g/mol. The van der Waals surface area contributed by atoms with Crippen LogP contribution in [0.25, 0.3) is 0 Å². The van der Waals surface area contributed by atoms with Crippen LogP contribution in [0.2, 0.25) is 0 Å². The van der Waals surface area contributed by atoms with Crippen molar-refractivity contribution in [3.63, 3.8) is 0 Å². The van der Waals surface area contributed by atoms with E-state index in [1.807, 2.05) is 31.3 Å². The summed E-state index contributed by atoms with van der Waals surface area (Å²) in [6, 6.07) is 8.53. The van der Waals surface area contributed by atoms with E-state index in [1.54, 1.807) is 7.11 Å². The number of nitrogens with zero attached hydrogens (tertiary/aromatic N) is 4. The zero-order chi connectivity index (χ0) is 17.1. The molecule has 0 spiro atoms. The molecule has 3 rings (SSSR count). The molecule has 0 bridgehead atoms. The van der Waals surface area contributed by atoms with Gasteiger partial charge in [-0.25, -0.2) is 9.97 Å². The molecule has 128 valence electrons. The van der Waals surface area contributed by atoms with Crippen molar-refractivity contribution in [2.75, 3.05) is 32.1 Å². The lowest BCUT2D eigenvalue weighted by Gasteiger charge is -2.25. The van der Waals surface area contributed by atoms with Crippen LogP contribution in [0.15, 0.2) is 34.9 Å². The minimum atomic E-state index is 0.435. The van der Waals surface area contributed by atoms with Gasteiger partial charge in [-0.15, -0.1) is 0 Å². The Morgan fingerprint density at radius 1 is 1.38 bits per heavy atom. The van der Waals surface area contributed by atoms with E-state index in [-0.39, 0.29) is 0 Å². The standard InChI is InChI=1S/C18H23BrN4O/c1-13-6-8-20-18(21-13)22(2)16-7-9-23(12-16)11-14-10-15(19)4-5-17(14)24-3/h4-6,8,10,16H,7,9,11-12H2,1-3H3. The highest BCUT2D eigenvalue weighted by atomic mass is 79.9. The third kappa shape index (κ3) is 3.87. The van der Waals surface area contributed by atoms with Crippen LogP contribution in [-0.2, 0) is 6.54 Å². The van der Waals surface area contributed by atoms with E-state index in [4.69, 9.17) is 4.74 Å². The van der Waals surface area contributed by atoms with Crippen LogP contribution in [0.4, 0.5) is 5.95 Å². The minimum Gasteiger partial charge on any atom is -0.496 e. The van der Waals surface area contributed by atoms with Crippen molar-refractivity contribution in [1.29, 1.82) is 0 Å². The number of hydrogen-bond donors (Lipinski definition) is 0. The lowest BCUT2D eigenvalue weighted by Crippen LogP contribution is -2.35. The van der Waals surface area contributed by atoms with Gasteiger partial charge in [0, 0.05) is 54.7 Å². The molecular formula is C18H23BrN4O. The van der Waals surface area contributed by atoms with E-state index in [1.165, 1.54) is 5.56 Å². The second-order valence-corrected chi connectivity index (χ2v) is 7.16. The van der Waals surface area contributed by atoms with Crippen LogP contribution < -0.4 is 9.64 Å². The van der Waals surface area contributed by atoms with Crippen LogP contribution in [0.3, 0.4) is 0 Å². The SMILES string of the molecule is COc1ccc(Br)cc1CN1CCC(N(C)c2nccc(C)n2)C1. The number of anilines is 1. The predicted molar refractivity (Wildman–Crippen MR) is 99.5 cm³/mol. The van der Waals surface area contributed by atoms with E-state index in [9.17, 15) is 0 Å². The van der Waals surface area contributed by atoms with Gasteiger partial charge in [0.15, 0.2) is 0 Å². The summed E-state index contributed by atoms with van der Waals surface area (Å²) in [5.41, 5.74) is 2.21. The molecule has 2 aromatic rings. The van der Waals surface area contributed by atoms with Crippen molar-refractivity contribution >= 4 is 21.9 Å². The normalized spacial score (nSPS) is 17.9. The van der Waals surface area contributed by atoms with Gasteiger partial charge in [-0.05, 0) is 37.6 Å². The maximum atomic E-state index is 5.49. The molecule has 0 aliphatic carbocycles. The molecule has 1 aliphatic heterocycles. The van der Waals surface area contributed by atoms with Crippen molar-refractivity contribution in [2.24, 2.45) is 0 Å². The molecular weight excluding hydrogens is 368 g/mol. The highest BCUT2D eigenvalue weighted by Crippen LogP contribution is 2.27. The highest BCUT2D eigenvalue weighted by molar-refractivity contribution is 9.10. The zero-order valence-electron chi connectivity index (χ0n) is 14.4. The molecule has 1 saturated heterocycles. The van der Waals surface area contributed by atoms with Gasteiger partial charge < -0.3 is 9.64 Å². The van der Waals surface area contributed by atoms with Gasteiger partial charge >= 0.3 is 0 Å². The molecule has 6 heteroatoms. The first-order valence-corrected chi connectivity index (χ1v) is 8.93. The predicted octanol–water partition coefficient (Wildman–Crippen LogP) is 3.27. The fourth-order valence-corrected chi connectivity index (χ4v) is 3.56. The van der Waals surface area contributed by atoms with E-state index in [2.05, 4.69) is 48.8 Å². The average Bonchev–Trinajstić information content (AvgIpc) is 3.03. The lowest BCUT2D eigenvalue weighted by atomic mass is 10.2. The van der Waals surface area contributed by atoms with Gasteiger partial charge in [-0.1, -0.05) is 15.9 Å². The van der Waals surface area contributed by atoms with Gasteiger partial charge in [0.25, 0.3) is 0 Å². The number of likely N-dealkylation sites (tertiary alicyclic amines) is 1. The quantitative estimate of drug-likeness (QED) is 0.783. The largest absolute Gasteiger partial charge is 0.496 e. The summed E-state index contributed by atoms with van der Waals surface area (Å²) in [7, 11) is 3.81. The Kier molecular flexibility index (Phi) is 5.36. The Labute approximate surface area is 151 Å². The first-order chi connectivity index (χ1) is 11.6. The van der Waals surface area contributed by atoms with Crippen LogP contribution in [0, 0.1) is 6.92 Å². The number of aryl methyl sites for hydroxylation is 1. The number of benzene rings is 1.